The zero-order valence-electron chi connectivity index (χ0n) is 18.4. The molecule has 0 bridgehead atoms. The molecule has 0 saturated carbocycles. The van der Waals surface area contributed by atoms with E-state index in [1.54, 1.807) is 7.11 Å². The van der Waals surface area contributed by atoms with Gasteiger partial charge in [-0.1, -0.05) is 17.7 Å². The first-order valence-corrected chi connectivity index (χ1v) is 9.75. The lowest BCUT2D eigenvalue weighted by atomic mass is 10.1. The van der Waals surface area contributed by atoms with Crippen LogP contribution in [0.3, 0.4) is 0 Å². The minimum Gasteiger partial charge on any atom is -0.496 e. The van der Waals surface area contributed by atoms with Gasteiger partial charge >= 0.3 is 0 Å². The third kappa shape index (κ3) is 7.85. The minimum absolute atomic E-state index is 0. The van der Waals surface area contributed by atoms with Crippen LogP contribution >= 0.6 is 24.0 Å². The van der Waals surface area contributed by atoms with Crippen molar-refractivity contribution in [3.05, 3.63) is 47.3 Å². The number of nitrogens with zero attached hydrogens (tertiary/aromatic N) is 4. The fourth-order valence-electron chi connectivity index (χ4n) is 3.12. The molecule has 2 N–H and O–H groups in total. The first-order chi connectivity index (χ1) is 13.4. The van der Waals surface area contributed by atoms with E-state index in [1.165, 1.54) is 11.1 Å². The van der Waals surface area contributed by atoms with Crippen LogP contribution in [-0.2, 0) is 13.5 Å². The van der Waals surface area contributed by atoms with Crippen LogP contribution in [0.1, 0.15) is 29.7 Å². The summed E-state index contributed by atoms with van der Waals surface area (Å²) in [4.78, 5) is 6.96. The number of aliphatic imine (C=N–C) groups is 1. The van der Waals surface area contributed by atoms with Crippen molar-refractivity contribution >= 4 is 29.9 Å². The molecule has 2 aromatic rings. The Balaban J connectivity index is 0.00000420. The standard InChI is InChI=1S/C21H34N6O.HI/c1-7-22-21(23-11-10-17-12-16(2)8-9-20(17)28-6)24-14-19(26(3)4)18-13-25-27(5)15-18;/h8-9,12-13,15,19H,7,10-11,14H2,1-6H3,(H2,22,23,24);1H. The number of likely N-dealkylation sites (N-methyl/N-ethyl adjacent to an activating group) is 1. The molecule has 8 heteroatoms. The van der Waals surface area contributed by atoms with Gasteiger partial charge in [0.1, 0.15) is 5.75 Å². The van der Waals surface area contributed by atoms with Gasteiger partial charge in [-0.15, -0.1) is 24.0 Å². The maximum Gasteiger partial charge on any atom is 0.191 e. The van der Waals surface area contributed by atoms with E-state index in [0.717, 1.165) is 36.8 Å². The zero-order valence-corrected chi connectivity index (χ0v) is 20.7. The van der Waals surface area contributed by atoms with Gasteiger partial charge in [-0.2, -0.15) is 5.10 Å². The Kier molecular flexibility index (Phi) is 11.0. The van der Waals surface area contributed by atoms with Crippen LogP contribution in [-0.4, -0.2) is 61.5 Å². The molecule has 0 amide bonds. The lowest BCUT2D eigenvalue weighted by molar-refractivity contribution is 0.306. The molecule has 0 aliphatic rings. The second kappa shape index (κ2) is 12.7. The van der Waals surface area contributed by atoms with Crippen molar-refractivity contribution in [2.24, 2.45) is 12.0 Å². The van der Waals surface area contributed by atoms with E-state index in [9.17, 15) is 0 Å². The molecule has 1 atom stereocenters. The van der Waals surface area contributed by atoms with Crippen LogP contribution in [0.5, 0.6) is 5.75 Å². The lowest BCUT2D eigenvalue weighted by Crippen LogP contribution is -2.39. The van der Waals surface area contributed by atoms with Crippen LogP contribution in [0.4, 0.5) is 0 Å². The lowest BCUT2D eigenvalue weighted by Gasteiger charge is -2.22. The Morgan fingerprint density at radius 1 is 1.31 bits per heavy atom. The molecule has 0 aliphatic carbocycles. The predicted molar refractivity (Wildman–Crippen MR) is 130 cm³/mol. The summed E-state index contributed by atoms with van der Waals surface area (Å²) in [5.41, 5.74) is 3.60. The molecule has 1 aromatic carbocycles. The molecule has 0 radical (unpaired) electrons. The van der Waals surface area contributed by atoms with Crippen molar-refractivity contribution in [2.45, 2.75) is 26.3 Å². The smallest absolute Gasteiger partial charge is 0.191 e. The third-order valence-corrected chi connectivity index (χ3v) is 4.62. The van der Waals surface area contributed by atoms with E-state index < -0.39 is 0 Å². The molecular formula is C21H35IN6O. The van der Waals surface area contributed by atoms with Gasteiger partial charge in [-0.05, 0) is 46.0 Å². The summed E-state index contributed by atoms with van der Waals surface area (Å²) in [6, 6.07) is 6.46. The highest BCUT2D eigenvalue weighted by atomic mass is 127. The van der Waals surface area contributed by atoms with E-state index in [1.807, 2.05) is 30.2 Å². The SMILES string of the molecule is CCNC(=NCC(c1cnn(C)c1)N(C)C)NCCc1cc(C)ccc1OC.I. The van der Waals surface area contributed by atoms with Gasteiger partial charge in [-0.25, -0.2) is 0 Å². The number of methoxy groups -OCH3 is 1. The van der Waals surface area contributed by atoms with E-state index in [2.05, 4.69) is 60.7 Å². The van der Waals surface area contributed by atoms with Crippen LogP contribution in [0.2, 0.25) is 0 Å². The molecule has 29 heavy (non-hydrogen) atoms. The number of guanidine groups is 1. The number of halogens is 1. The number of ether oxygens (including phenoxy) is 1. The van der Waals surface area contributed by atoms with Crippen molar-refractivity contribution in [2.75, 3.05) is 40.8 Å². The fraction of sp³-hybridized carbons (Fsp3) is 0.524. The highest BCUT2D eigenvalue weighted by Gasteiger charge is 2.15. The van der Waals surface area contributed by atoms with Crippen molar-refractivity contribution < 1.29 is 4.74 Å². The molecular weight excluding hydrogens is 479 g/mol. The Bertz CT molecular complexity index is 774. The monoisotopic (exact) mass is 514 g/mol. The Labute approximate surface area is 191 Å². The predicted octanol–water partition coefficient (Wildman–Crippen LogP) is 2.76. The highest BCUT2D eigenvalue weighted by molar-refractivity contribution is 14.0. The number of rotatable bonds is 9. The van der Waals surface area contributed by atoms with Gasteiger partial charge in [0.05, 0.1) is 25.9 Å². The van der Waals surface area contributed by atoms with E-state index in [0.29, 0.717) is 6.54 Å². The van der Waals surface area contributed by atoms with Gasteiger partial charge in [0.15, 0.2) is 5.96 Å². The molecule has 1 unspecified atom stereocenters. The average Bonchev–Trinajstić information content (AvgIpc) is 3.07. The van der Waals surface area contributed by atoms with Crippen LogP contribution < -0.4 is 15.4 Å². The van der Waals surface area contributed by atoms with Crippen LogP contribution in [0, 0.1) is 6.92 Å². The summed E-state index contributed by atoms with van der Waals surface area (Å²) < 4.78 is 7.30. The summed E-state index contributed by atoms with van der Waals surface area (Å²) in [6.45, 7) is 6.43. The second-order valence-corrected chi connectivity index (χ2v) is 7.14. The number of benzene rings is 1. The van der Waals surface area contributed by atoms with Crippen molar-refractivity contribution in [3.63, 3.8) is 0 Å². The number of aromatic nitrogens is 2. The third-order valence-electron chi connectivity index (χ3n) is 4.62. The van der Waals surface area contributed by atoms with Gasteiger partial charge in [0, 0.05) is 31.9 Å². The topological polar surface area (TPSA) is 66.7 Å². The second-order valence-electron chi connectivity index (χ2n) is 7.14. The molecule has 7 nitrogen and oxygen atoms in total. The van der Waals surface area contributed by atoms with Crippen molar-refractivity contribution in [1.82, 2.24) is 25.3 Å². The molecule has 0 spiro atoms. The summed E-state index contributed by atoms with van der Waals surface area (Å²) in [7, 11) is 7.78. The Hall–Kier alpha value is -1.81. The number of nitrogens with one attached hydrogen (secondary N) is 2. The maximum absolute atomic E-state index is 5.47. The summed E-state index contributed by atoms with van der Waals surface area (Å²) in [5.74, 6) is 1.75. The zero-order chi connectivity index (χ0) is 20.5. The van der Waals surface area contributed by atoms with Gasteiger partial charge in [0.2, 0.25) is 0 Å². The number of hydrogen-bond donors (Lipinski definition) is 2. The van der Waals surface area contributed by atoms with E-state index in [-0.39, 0.29) is 30.0 Å². The first kappa shape index (κ1) is 25.2. The average molecular weight is 514 g/mol. The largest absolute Gasteiger partial charge is 0.496 e. The number of hydrogen-bond acceptors (Lipinski definition) is 4. The molecule has 1 aromatic heterocycles. The quantitative estimate of drug-likeness (QED) is 0.306. The molecule has 2 rings (SSSR count). The van der Waals surface area contributed by atoms with Crippen molar-refractivity contribution in [3.8, 4) is 5.75 Å². The van der Waals surface area contributed by atoms with E-state index >= 15 is 0 Å². The molecule has 0 fully saturated rings. The van der Waals surface area contributed by atoms with Gasteiger partial charge in [0.25, 0.3) is 0 Å². The highest BCUT2D eigenvalue weighted by Crippen LogP contribution is 2.20. The Morgan fingerprint density at radius 3 is 2.66 bits per heavy atom. The first-order valence-electron chi connectivity index (χ1n) is 9.75. The molecule has 0 saturated heterocycles. The van der Waals surface area contributed by atoms with Gasteiger partial charge in [-0.3, -0.25) is 9.67 Å². The number of aryl methyl sites for hydroxylation is 2. The maximum atomic E-state index is 5.47. The van der Waals surface area contributed by atoms with Crippen molar-refractivity contribution in [1.29, 1.82) is 0 Å². The Morgan fingerprint density at radius 2 is 2.07 bits per heavy atom. The van der Waals surface area contributed by atoms with Crippen LogP contribution in [0.25, 0.3) is 0 Å². The molecule has 162 valence electrons. The normalized spacial score (nSPS) is 12.4. The minimum atomic E-state index is 0. The molecule has 0 aliphatic heterocycles. The summed E-state index contributed by atoms with van der Waals surface area (Å²) in [5, 5.41) is 11.1. The van der Waals surface area contributed by atoms with Gasteiger partial charge < -0.3 is 20.3 Å². The summed E-state index contributed by atoms with van der Waals surface area (Å²) >= 11 is 0. The molecule has 1 heterocycles. The fourth-order valence-corrected chi connectivity index (χ4v) is 3.12. The summed E-state index contributed by atoms with van der Waals surface area (Å²) in [6.07, 6.45) is 4.82. The van der Waals surface area contributed by atoms with E-state index in [4.69, 9.17) is 9.73 Å². The van der Waals surface area contributed by atoms with Crippen LogP contribution in [0.15, 0.2) is 35.6 Å².